The number of carbonyl (C=O) groups is 1. The van der Waals surface area contributed by atoms with E-state index in [4.69, 9.17) is 28.4 Å². The third-order valence-electron chi connectivity index (χ3n) is 4.65. The third-order valence-corrected chi connectivity index (χ3v) is 4.65. The predicted molar refractivity (Wildman–Crippen MR) is 121 cm³/mol. The van der Waals surface area contributed by atoms with Crippen molar-refractivity contribution in [3.63, 3.8) is 0 Å². The van der Waals surface area contributed by atoms with Crippen LogP contribution in [0.5, 0.6) is 5.75 Å². The van der Waals surface area contributed by atoms with Gasteiger partial charge in [-0.2, -0.15) is 0 Å². The summed E-state index contributed by atoms with van der Waals surface area (Å²) >= 11 is 0. The number of hydrogen-bond acceptors (Lipinski definition) is 8. The number of hydrogen-bond donors (Lipinski definition) is 2. The first-order valence-electron chi connectivity index (χ1n) is 11.4. The van der Waals surface area contributed by atoms with Gasteiger partial charge in [-0.25, -0.2) is 0 Å². The normalized spacial score (nSPS) is 14.4. The zero-order valence-electron chi connectivity index (χ0n) is 19.1. The summed E-state index contributed by atoms with van der Waals surface area (Å²) in [6.45, 7) is 8.93. The Labute approximate surface area is 191 Å². The Hall–Kier alpha value is -1.75. The molecule has 32 heavy (non-hydrogen) atoms. The van der Waals surface area contributed by atoms with Gasteiger partial charge in [0.05, 0.1) is 65.6 Å². The van der Waals surface area contributed by atoms with Crippen molar-refractivity contribution in [2.45, 2.75) is 25.9 Å². The van der Waals surface area contributed by atoms with Gasteiger partial charge < -0.3 is 39.1 Å². The van der Waals surface area contributed by atoms with Gasteiger partial charge in [-0.1, -0.05) is 0 Å². The van der Waals surface area contributed by atoms with Crippen molar-refractivity contribution in [3.8, 4) is 5.75 Å². The largest absolute Gasteiger partial charge is 0.491 e. The van der Waals surface area contributed by atoms with Crippen molar-refractivity contribution in [2.75, 3.05) is 84.5 Å². The lowest BCUT2D eigenvalue weighted by Gasteiger charge is -2.22. The molecule has 0 aromatic heterocycles. The van der Waals surface area contributed by atoms with Crippen LogP contribution in [-0.2, 0) is 28.5 Å². The van der Waals surface area contributed by atoms with E-state index in [0.29, 0.717) is 72.2 Å². The SMILES string of the molecule is CC(=O)Nc1ccc(OCCOCCOCCOCCOCCOC2CCNCC2)cc1. The molecule has 2 rings (SSSR count). The van der Waals surface area contributed by atoms with E-state index >= 15 is 0 Å². The van der Waals surface area contributed by atoms with E-state index in [1.807, 2.05) is 12.1 Å². The standard InChI is InChI=1S/C23H38N2O7/c1-20(26)25-21-2-4-22(5-3-21)31-18-16-29-14-12-27-10-11-28-13-15-30-17-19-32-23-6-8-24-9-7-23/h2-5,23-24H,6-19H2,1H3,(H,25,26). The molecule has 1 aliphatic rings. The first-order valence-corrected chi connectivity index (χ1v) is 11.4. The van der Waals surface area contributed by atoms with Gasteiger partial charge in [0.25, 0.3) is 0 Å². The molecule has 1 saturated heterocycles. The van der Waals surface area contributed by atoms with Crippen molar-refractivity contribution < 1.29 is 33.2 Å². The molecule has 0 unspecified atom stereocenters. The number of rotatable bonds is 18. The van der Waals surface area contributed by atoms with Crippen LogP contribution < -0.4 is 15.4 Å². The van der Waals surface area contributed by atoms with Gasteiger partial charge in [-0.3, -0.25) is 4.79 Å². The number of amides is 1. The summed E-state index contributed by atoms with van der Waals surface area (Å²) in [6.07, 6.45) is 2.54. The molecule has 1 amide bonds. The molecule has 1 aromatic carbocycles. The Bertz CT molecular complexity index is 595. The van der Waals surface area contributed by atoms with E-state index in [2.05, 4.69) is 10.6 Å². The first kappa shape index (κ1) is 26.5. The second-order valence-corrected chi connectivity index (χ2v) is 7.32. The second-order valence-electron chi connectivity index (χ2n) is 7.32. The topological polar surface area (TPSA) is 96.5 Å². The lowest BCUT2D eigenvalue weighted by atomic mass is 10.1. The van der Waals surface area contributed by atoms with Gasteiger partial charge >= 0.3 is 0 Å². The molecule has 0 saturated carbocycles. The zero-order chi connectivity index (χ0) is 22.7. The van der Waals surface area contributed by atoms with Crippen molar-refractivity contribution in [3.05, 3.63) is 24.3 Å². The average molecular weight is 455 g/mol. The summed E-state index contributed by atoms with van der Waals surface area (Å²) in [5.41, 5.74) is 0.743. The van der Waals surface area contributed by atoms with Gasteiger partial charge in [0, 0.05) is 12.6 Å². The summed E-state index contributed by atoms with van der Waals surface area (Å²) in [4.78, 5) is 11.0. The third kappa shape index (κ3) is 13.6. The number of nitrogens with one attached hydrogen (secondary N) is 2. The smallest absolute Gasteiger partial charge is 0.221 e. The van der Waals surface area contributed by atoms with Crippen LogP contribution in [0, 0.1) is 0 Å². The van der Waals surface area contributed by atoms with Crippen molar-refractivity contribution in [1.82, 2.24) is 5.32 Å². The molecule has 9 nitrogen and oxygen atoms in total. The Morgan fingerprint density at radius 1 is 0.812 bits per heavy atom. The molecule has 0 aliphatic carbocycles. The maximum Gasteiger partial charge on any atom is 0.221 e. The van der Waals surface area contributed by atoms with E-state index in [-0.39, 0.29) is 5.91 Å². The molecule has 0 radical (unpaired) electrons. The van der Waals surface area contributed by atoms with Crippen molar-refractivity contribution >= 4 is 11.6 Å². The molecule has 0 bridgehead atoms. The molecule has 1 aromatic rings. The Balaban J connectivity index is 1.27. The highest BCUT2D eigenvalue weighted by molar-refractivity contribution is 5.88. The molecular weight excluding hydrogens is 416 g/mol. The van der Waals surface area contributed by atoms with Gasteiger partial charge in [-0.15, -0.1) is 0 Å². The van der Waals surface area contributed by atoms with Crippen LogP contribution in [0.15, 0.2) is 24.3 Å². The predicted octanol–water partition coefficient (Wildman–Crippen LogP) is 1.86. The number of piperidine rings is 1. The highest BCUT2D eigenvalue weighted by Crippen LogP contribution is 2.15. The number of anilines is 1. The highest BCUT2D eigenvalue weighted by Gasteiger charge is 2.12. The fourth-order valence-corrected chi connectivity index (χ4v) is 3.05. The van der Waals surface area contributed by atoms with E-state index in [9.17, 15) is 4.79 Å². The number of benzene rings is 1. The molecule has 182 valence electrons. The Morgan fingerprint density at radius 2 is 1.31 bits per heavy atom. The van der Waals surface area contributed by atoms with E-state index in [0.717, 1.165) is 37.4 Å². The lowest BCUT2D eigenvalue weighted by Crippen LogP contribution is -2.33. The highest BCUT2D eigenvalue weighted by atomic mass is 16.6. The maximum absolute atomic E-state index is 11.0. The molecule has 1 heterocycles. The monoisotopic (exact) mass is 454 g/mol. The van der Waals surface area contributed by atoms with Gasteiger partial charge in [0.2, 0.25) is 5.91 Å². The van der Waals surface area contributed by atoms with Crippen LogP contribution in [-0.4, -0.2) is 91.2 Å². The zero-order valence-corrected chi connectivity index (χ0v) is 19.1. The average Bonchev–Trinajstić information content (AvgIpc) is 2.80. The summed E-state index contributed by atoms with van der Waals surface area (Å²) < 4.78 is 33.3. The van der Waals surface area contributed by atoms with Crippen molar-refractivity contribution in [2.24, 2.45) is 0 Å². The minimum absolute atomic E-state index is 0.0981. The van der Waals surface area contributed by atoms with Crippen molar-refractivity contribution in [1.29, 1.82) is 0 Å². The van der Waals surface area contributed by atoms with Crippen LogP contribution >= 0.6 is 0 Å². The quantitative estimate of drug-likeness (QED) is 0.325. The summed E-state index contributed by atoms with van der Waals surface area (Å²) in [5.74, 6) is 0.633. The number of ether oxygens (including phenoxy) is 6. The maximum atomic E-state index is 11.0. The van der Waals surface area contributed by atoms with E-state index < -0.39 is 0 Å². The minimum atomic E-state index is -0.0981. The first-order chi connectivity index (χ1) is 15.7. The molecule has 1 aliphatic heterocycles. The van der Waals surface area contributed by atoms with Crippen LogP contribution in [0.1, 0.15) is 19.8 Å². The fraction of sp³-hybridized carbons (Fsp3) is 0.696. The van der Waals surface area contributed by atoms with E-state index in [1.54, 1.807) is 12.1 Å². The number of carbonyl (C=O) groups excluding carboxylic acids is 1. The van der Waals surface area contributed by atoms with Gasteiger partial charge in [0.1, 0.15) is 12.4 Å². The van der Waals surface area contributed by atoms with E-state index in [1.165, 1.54) is 6.92 Å². The van der Waals surface area contributed by atoms with Gasteiger partial charge in [0.15, 0.2) is 0 Å². The second kappa shape index (κ2) is 17.8. The molecular formula is C23H38N2O7. The summed E-state index contributed by atoms with van der Waals surface area (Å²) in [5, 5.41) is 6.03. The lowest BCUT2D eigenvalue weighted by molar-refractivity contribution is -0.114. The van der Waals surface area contributed by atoms with Gasteiger partial charge in [-0.05, 0) is 50.2 Å². The summed E-state index contributed by atoms with van der Waals surface area (Å²) in [7, 11) is 0. The Morgan fingerprint density at radius 3 is 1.84 bits per heavy atom. The Kier molecular flexibility index (Phi) is 14.7. The fourth-order valence-electron chi connectivity index (χ4n) is 3.05. The molecule has 0 spiro atoms. The molecule has 0 atom stereocenters. The van der Waals surface area contributed by atoms with Crippen LogP contribution in [0.4, 0.5) is 5.69 Å². The van der Waals surface area contributed by atoms with Crippen LogP contribution in [0.25, 0.3) is 0 Å². The molecule has 1 fully saturated rings. The molecule has 2 N–H and O–H groups in total. The van der Waals surface area contributed by atoms with Crippen LogP contribution in [0.3, 0.4) is 0 Å². The van der Waals surface area contributed by atoms with Crippen LogP contribution in [0.2, 0.25) is 0 Å². The minimum Gasteiger partial charge on any atom is -0.491 e. The molecule has 9 heteroatoms. The summed E-state index contributed by atoms with van der Waals surface area (Å²) in [6, 6.07) is 7.21.